The average Bonchev–Trinajstić information content (AvgIpc) is 2.36. The Bertz CT molecular complexity index is 506. The van der Waals surface area contributed by atoms with Crippen molar-refractivity contribution in [1.29, 1.82) is 5.26 Å². The summed E-state index contributed by atoms with van der Waals surface area (Å²) in [6.45, 7) is 3.73. The van der Waals surface area contributed by atoms with Crippen molar-refractivity contribution in [2.45, 2.75) is 19.8 Å². The molecule has 0 aliphatic heterocycles. The monoisotopic (exact) mass is 266 g/mol. The van der Waals surface area contributed by atoms with Gasteiger partial charge in [-0.2, -0.15) is 5.26 Å². The van der Waals surface area contributed by atoms with Crippen LogP contribution in [0.5, 0.6) is 0 Å². The number of hydrogen-bond donors (Lipinski definition) is 1. The molecule has 2 atom stereocenters. The van der Waals surface area contributed by atoms with E-state index in [4.69, 9.17) is 5.26 Å². The quantitative estimate of drug-likeness (QED) is 0.854. The van der Waals surface area contributed by atoms with Crippen molar-refractivity contribution in [2.75, 3.05) is 12.3 Å². The topological polar surface area (TPSA) is 70.0 Å². The molecule has 0 bridgehead atoms. The Balaban J connectivity index is 2.59. The Morgan fingerprint density at radius 1 is 1.28 bits per heavy atom. The first-order valence-corrected chi connectivity index (χ1v) is 7.51. The van der Waals surface area contributed by atoms with Gasteiger partial charge < -0.3 is 0 Å². The van der Waals surface area contributed by atoms with Crippen molar-refractivity contribution >= 4 is 10.0 Å². The van der Waals surface area contributed by atoms with Gasteiger partial charge in [-0.1, -0.05) is 37.3 Å². The Labute approximate surface area is 109 Å². The zero-order valence-electron chi connectivity index (χ0n) is 10.6. The smallest absolute Gasteiger partial charge is 0.212 e. The number of nitrogens with one attached hydrogen (secondary N) is 1. The van der Waals surface area contributed by atoms with Crippen LogP contribution in [0.2, 0.25) is 0 Å². The molecule has 0 aromatic heterocycles. The number of benzene rings is 1. The van der Waals surface area contributed by atoms with Crippen molar-refractivity contribution in [3.8, 4) is 6.07 Å². The summed E-state index contributed by atoms with van der Waals surface area (Å²) in [5.41, 5.74) is 0.996. The molecule has 0 saturated heterocycles. The molecule has 5 heteroatoms. The van der Waals surface area contributed by atoms with Crippen LogP contribution in [0.3, 0.4) is 0 Å². The van der Waals surface area contributed by atoms with Gasteiger partial charge >= 0.3 is 0 Å². The molecule has 2 unspecified atom stereocenters. The molecule has 0 radical (unpaired) electrons. The predicted octanol–water partition coefficient (Wildman–Crippen LogP) is 1.87. The maximum Gasteiger partial charge on any atom is 0.212 e. The molecule has 4 nitrogen and oxygen atoms in total. The molecule has 0 amide bonds. The molecule has 0 spiro atoms. The molecule has 0 heterocycles. The second kappa shape index (κ2) is 6.53. The van der Waals surface area contributed by atoms with Crippen LogP contribution in [0.15, 0.2) is 30.3 Å². The number of rotatable bonds is 6. The van der Waals surface area contributed by atoms with Gasteiger partial charge in [0.2, 0.25) is 10.0 Å². The highest BCUT2D eigenvalue weighted by atomic mass is 32.2. The zero-order valence-corrected chi connectivity index (χ0v) is 11.4. The molecule has 1 rings (SSSR count). The SMILES string of the molecule is CC(C#N)CNS(=O)(=O)CC(C)c1ccccc1. The minimum atomic E-state index is -3.34. The van der Waals surface area contributed by atoms with E-state index in [-0.39, 0.29) is 24.1 Å². The molecular weight excluding hydrogens is 248 g/mol. The van der Waals surface area contributed by atoms with Crippen LogP contribution in [0.1, 0.15) is 25.3 Å². The number of nitriles is 1. The second-order valence-electron chi connectivity index (χ2n) is 4.47. The molecule has 1 aromatic rings. The van der Waals surface area contributed by atoms with Crippen molar-refractivity contribution in [3.05, 3.63) is 35.9 Å². The zero-order chi connectivity index (χ0) is 13.6. The highest BCUT2D eigenvalue weighted by molar-refractivity contribution is 7.89. The summed E-state index contributed by atoms with van der Waals surface area (Å²) in [6.07, 6.45) is 0. The van der Waals surface area contributed by atoms with Gasteiger partial charge in [-0.25, -0.2) is 13.1 Å². The first kappa shape index (κ1) is 14.7. The van der Waals surface area contributed by atoms with Gasteiger partial charge in [0, 0.05) is 6.54 Å². The molecule has 1 N–H and O–H groups in total. The molecule has 0 saturated carbocycles. The summed E-state index contributed by atoms with van der Waals surface area (Å²) in [5.74, 6) is -0.345. The van der Waals surface area contributed by atoms with Crippen molar-refractivity contribution in [1.82, 2.24) is 4.72 Å². The van der Waals surface area contributed by atoms with E-state index in [9.17, 15) is 8.42 Å². The van der Waals surface area contributed by atoms with Gasteiger partial charge in [0.15, 0.2) is 0 Å². The van der Waals surface area contributed by atoms with Gasteiger partial charge in [-0.15, -0.1) is 0 Å². The largest absolute Gasteiger partial charge is 0.214 e. The Morgan fingerprint density at radius 2 is 1.89 bits per heavy atom. The fourth-order valence-electron chi connectivity index (χ4n) is 1.56. The highest BCUT2D eigenvalue weighted by Gasteiger charge is 2.17. The number of nitrogens with zero attached hydrogens (tertiary/aromatic N) is 1. The maximum atomic E-state index is 11.8. The molecule has 0 aliphatic rings. The van der Waals surface area contributed by atoms with Crippen molar-refractivity contribution in [3.63, 3.8) is 0 Å². The second-order valence-corrected chi connectivity index (χ2v) is 6.32. The minimum absolute atomic E-state index is 0.0369. The summed E-state index contributed by atoms with van der Waals surface area (Å²) in [7, 11) is -3.34. The minimum Gasteiger partial charge on any atom is -0.214 e. The van der Waals surface area contributed by atoms with E-state index in [1.54, 1.807) is 6.92 Å². The first-order chi connectivity index (χ1) is 8.44. The Hall–Kier alpha value is -1.38. The Morgan fingerprint density at radius 3 is 2.44 bits per heavy atom. The fourth-order valence-corrected chi connectivity index (χ4v) is 3.04. The van der Waals surface area contributed by atoms with Crippen LogP contribution in [-0.2, 0) is 10.0 Å². The molecule has 1 aromatic carbocycles. The highest BCUT2D eigenvalue weighted by Crippen LogP contribution is 2.16. The summed E-state index contributed by atoms with van der Waals surface area (Å²) < 4.78 is 26.1. The summed E-state index contributed by atoms with van der Waals surface area (Å²) in [5, 5.41) is 8.61. The average molecular weight is 266 g/mol. The molecule has 0 fully saturated rings. The van der Waals surface area contributed by atoms with E-state index < -0.39 is 10.0 Å². The van der Waals surface area contributed by atoms with E-state index >= 15 is 0 Å². The van der Waals surface area contributed by atoms with E-state index in [0.29, 0.717) is 0 Å². The number of sulfonamides is 1. The van der Waals surface area contributed by atoms with Crippen LogP contribution >= 0.6 is 0 Å². The molecule has 18 heavy (non-hydrogen) atoms. The van der Waals surface area contributed by atoms with Gasteiger partial charge in [0.25, 0.3) is 0 Å². The Kier molecular flexibility index (Phi) is 5.32. The van der Waals surface area contributed by atoms with Crippen LogP contribution < -0.4 is 4.72 Å². The lowest BCUT2D eigenvalue weighted by atomic mass is 10.0. The lowest BCUT2D eigenvalue weighted by Gasteiger charge is -2.13. The summed E-state index contributed by atoms with van der Waals surface area (Å²) in [6, 6.07) is 11.5. The summed E-state index contributed by atoms with van der Waals surface area (Å²) in [4.78, 5) is 0. The van der Waals surface area contributed by atoms with Crippen LogP contribution in [-0.4, -0.2) is 20.7 Å². The third kappa shape index (κ3) is 4.86. The van der Waals surface area contributed by atoms with E-state index in [1.807, 2.05) is 43.3 Å². The van der Waals surface area contributed by atoms with Gasteiger partial charge in [0.1, 0.15) is 0 Å². The van der Waals surface area contributed by atoms with E-state index in [1.165, 1.54) is 0 Å². The van der Waals surface area contributed by atoms with Crippen LogP contribution in [0.25, 0.3) is 0 Å². The van der Waals surface area contributed by atoms with Gasteiger partial charge in [0.05, 0.1) is 17.7 Å². The lowest BCUT2D eigenvalue weighted by molar-refractivity contribution is 0.567. The molecular formula is C13H18N2O2S. The van der Waals surface area contributed by atoms with Crippen LogP contribution in [0.4, 0.5) is 0 Å². The number of hydrogen-bond acceptors (Lipinski definition) is 3. The molecule has 98 valence electrons. The van der Waals surface area contributed by atoms with E-state index in [0.717, 1.165) is 5.56 Å². The van der Waals surface area contributed by atoms with Crippen LogP contribution in [0, 0.1) is 17.2 Å². The normalized spacial score (nSPS) is 14.7. The summed E-state index contributed by atoms with van der Waals surface area (Å²) >= 11 is 0. The maximum absolute atomic E-state index is 11.8. The third-order valence-electron chi connectivity index (χ3n) is 2.67. The van der Waals surface area contributed by atoms with Crippen molar-refractivity contribution < 1.29 is 8.42 Å². The predicted molar refractivity (Wildman–Crippen MR) is 71.4 cm³/mol. The first-order valence-electron chi connectivity index (χ1n) is 5.86. The standard InChI is InChI=1S/C13H18N2O2S/c1-11(8-14)9-15-18(16,17)10-12(2)13-6-4-3-5-7-13/h3-7,11-12,15H,9-10H2,1-2H3. The van der Waals surface area contributed by atoms with Gasteiger partial charge in [-0.3, -0.25) is 0 Å². The van der Waals surface area contributed by atoms with Gasteiger partial charge in [-0.05, 0) is 18.4 Å². The third-order valence-corrected chi connectivity index (χ3v) is 4.21. The van der Waals surface area contributed by atoms with Crippen molar-refractivity contribution in [2.24, 2.45) is 5.92 Å². The molecule has 0 aliphatic carbocycles. The lowest BCUT2D eigenvalue weighted by Crippen LogP contribution is -2.31. The fraction of sp³-hybridized carbons (Fsp3) is 0.462. The van der Waals surface area contributed by atoms with E-state index in [2.05, 4.69) is 4.72 Å².